The van der Waals surface area contributed by atoms with Gasteiger partial charge < -0.3 is 4.74 Å². The third-order valence-electron chi connectivity index (χ3n) is 1.11. The summed E-state index contributed by atoms with van der Waals surface area (Å²) in [6, 6.07) is 3.99. The van der Waals surface area contributed by atoms with Crippen LogP contribution in [0.15, 0.2) is 18.2 Å². The molecule has 0 heterocycles. The second-order valence-electron chi connectivity index (χ2n) is 1.78. The Morgan fingerprint density at radius 1 is 1.33 bits per heavy atom. The maximum absolute atomic E-state index is 12.3. The van der Waals surface area contributed by atoms with Crippen LogP contribution in [0, 0.1) is 5.82 Å². The van der Waals surface area contributed by atoms with Crippen LogP contribution in [0.2, 0.25) is 5.02 Å². The Labute approximate surface area is 77.1 Å². The van der Waals surface area contributed by atoms with E-state index < -0.39 is 0 Å². The summed E-state index contributed by atoms with van der Waals surface area (Å²) in [5.41, 5.74) is 0. The molecule has 1 aromatic rings. The summed E-state index contributed by atoms with van der Waals surface area (Å²) in [6.07, 6.45) is 0. The van der Waals surface area contributed by atoms with Gasteiger partial charge in [-0.2, -0.15) is 0 Å². The summed E-state index contributed by atoms with van der Waals surface area (Å²) in [4.78, 5) is 0. The topological polar surface area (TPSA) is 9.23 Å². The summed E-state index contributed by atoms with van der Waals surface area (Å²) < 4.78 is 17.1. The van der Waals surface area contributed by atoms with E-state index in [-0.39, 0.29) is 5.82 Å². The molecule has 0 spiro atoms. The fraction of sp³-hybridized carbons (Fsp3) is 0.333. The third-order valence-corrected chi connectivity index (χ3v) is 1.41. The molecule has 0 fully saturated rings. The van der Waals surface area contributed by atoms with Crippen molar-refractivity contribution >= 4 is 11.6 Å². The predicted octanol–water partition coefficient (Wildman–Crippen LogP) is 3.51. The molecule has 68 valence electrons. The maximum Gasteiger partial charge on any atom is 0.137 e. The molecule has 0 N–H and O–H groups in total. The quantitative estimate of drug-likeness (QED) is 0.659. The van der Waals surface area contributed by atoms with Crippen LogP contribution in [-0.4, -0.2) is 7.11 Å². The number of rotatable bonds is 1. The molecule has 0 aliphatic heterocycles. The number of hydrogen-bond donors (Lipinski definition) is 0. The van der Waals surface area contributed by atoms with Crippen LogP contribution in [0.25, 0.3) is 0 Å². The molecule has 0 radical (unpaired) electrons. The number of methoxy groups -OCH3 is 1. The second kappa shape index (κ2) is 5.84. The Hall–Kier alpha value is -0.760. The van der Waals surface area contributed by atoms with Crippen molar-refractivity contribution < 1.29 is 9.13 Å². The van der Waals surface area contributed by atoms with Crippen LogP contribution in [0.5, 0.6) is 5.75 Å². The molecule has 1 rings (SSSR count). The molecule has 0 aromatic heterocycles. The van der Waals surface area contributed by atoms with Crippen LogP contribution >= 0.6 is 11.6 Å². The smallest absolute Gasteiger partial charge is 0.137 e. The molecule has 0 amide bonds. The molecule has 1 nitrogen and oxygen atoms in total. The minimum atomic E-state index is -0.356. The fourth-order valence-electron chi connectivity index (χ4n) is 0.641. The van der Waals surface area contributed by atoms with Crippen molar-refractivity contribution in [1.82, 2.24) is 0 Å². The van der Waals surface area contributed by atoms with E-state index >= 15 is 0 Å². The zero-order chi connectivity index (χ0) is 9.56. The van der Waals surface area contributed by atoms with Gasteiger partial charge in [-0.3, -0.25) is 0 Å². The monoisotopic (exact) mass is 190 g/mol. The summed E-state index contributed by atoms with van der Waals surface area (Å²) in [6.45, 7) is 4.00. The van der Waals surface area contributed by atoms with Crippen molar-refractivity contribution in [2.75, 3.05) is 7.11 Å². The molecule has 0 saturated carbocycles. The molecule has 0 aliphatic rings. The molecular formula is C9H12ClFO. The van der Waals surface area contributed by atoms with Gasteiger partial charge in [0.05, 0.1) is 12.1 Å². The van der Waals surface area contributed by atoms with E-state index in [2.05, 4.69) is 0 Å². The SMILES string of the molecule is CC.COc1ccc(F)cc1Cl. The summed E-state index contributed by atoms with van der Waals surface area (Å²) in [5, 5.41) is 0.294. The normalized spacial score (nSPS) is 8.42. The van der Waals surface area contributed by atoms with Gasteiger partial charge in [0.2, 0.25) is 0 Å². The Bertz CT molecular complexity index is 238. The van der Waals surface area contributed by atoms with Crippen molar-refractivity contribution in [3.05, 3.63) is 29.0 Å². The molecule has 0 aliphatic carbocycles. The summed E-state index contributed by atoms with van der Waals surface area (Å²) in [7, 11) is 1.49. The predicted molar refractivity (Wildman–Crippen MR) is 49.3 cm³/mol. The highest BCUT2D eigenvalue weighted by atomic mass is 35.5. The van der Waals surface area contributed by atoms with Crippen molar-refractivity contribution in [2.45, 2.75) is 13.8 Å². The maximum atomic E-state index is 12.3. The minimum absolute atomic E-state index is 0.294. The van der Waals surface area contributed by atoms with Gasteiger partial charge in [0.25, 0.3) is 0 Å². The van der Waals surface area contributed by atoms with Crippen LogP contribution in [0.3, 0.4) is 0 Å². The highest BCUT2D eigenvalue weighted by Gasteiger charge is 1.99. The molecule has 0 bridgehead atoms. The lowest BCUT2D eigenvalue weighted by molar-refractivity contribution is 0.414. The average molecular weight is 191 g/mol. The Morgan fingerprint density at radius 3 is 2.33 bits per heavy atom. The first-order valence-corrected chi connectivity index (χ1v) is 4.11. The molecule has 12 heavy (non-hydrogen) atoms. The molecule has 0 saturated heterocycles. The lowest BCUT2D eigenvalue weighted by Crippen LogP contribution is -1.83. The van der Waals surface area contributed by atoms with Gasteiger partial charge in [-0.05, 0) is 18.2 Å². The van der Waals surface area contributed by atoms with Gasteiger partial charge in [-0.25, -0.2) is 4.39 Å². The Kier molecular flexibility index (Phi) is 5.47. The van der Waals surface area contributed by atoms with Crippen molar-refractivity contribution in [2.24, 2.45) is 0 Å². The van der Waals surface area contributed by atoms with Crippen LogP contribution < -0.4 is 4.74 Å². The van der Waals surface area contributed by atoms with Crippen molar-refractivity contribution in [3.8, 4) is 5.75 Å². The van der Waals surface area contributed by atoms with Gasteiger partial charge in [0.1, 0.15) is 11.6 Å². The third kappa shape index (κ3) is 3.09. The largest absolute Gasteiger partial charge is 0.495 e. The highest BCUT2D eigenvalue weighted by molar-refractivity contribution is 6.32. The molecule has 0 atom stereocenters. The molecule has 0 unspecified atom stereocenters. The van der Waals surface area contributed by atoms with E-state index in [9.17, 15) is 4.39 Å². The first-order chi connectivity index (χ1) is 5.74. The van der Waals surface area contributed by atoms with Gasteiger partial charge in [0.15, 0.2) is 0 Å². The standard InChI is InChI=1S/C7H6ClFO.C2H6/c1-10-7-3-2-5(9)4-6(7)8;1-2/h2-4H,1H3;1-2H3. The number of halogens is 2. The van der Waals surface area contributed by atoms with E-state index in [1.807, 2.05) is 13.8 Å². The van der Waals surface area contributed by atoms with E-state index in [4.69, 9.17) is 16.3 Å². The van der Waals surface area contributed by atoms with E-state index in [0.29, 0.717) is 10.8 Å². The molecule has 1 aromatic carbocycles. The Balaban J connectivity index is 0.000000561. The lowest BCUT2D eigenvalue weighted by atomic mass is 10.3. The number of hydrogen-bond acceptors (Lipinski definition) is 1. The lowest BCUT2D eigenvalue weighted by Gasteiger charge is -2.00. The van der Waals surface area contributed by atoms with Crippen LogP contribution in [0.4, 0.5) is 4.39 Å². The second-order valence-corrected chi connectivity index (χ2v) is 2.19. The number of benzene rings is 1. The van der Waals surface area contributed by atoms with Crippen LogP contribution in [0.1, 0.15) is 13.8 Å². The highest BCUT2D eigenvalue weighted by Crippen LogP contribution is 2.23. The van der Waals surface area contributed by atoms with Gasteiger partial charge in [0, 0.05) is 0 Å². The zero-order valence-electron chi connectivity index (χ0n) is 7.40. The zero-order valence-corrected chi connectivity index (χ0v) is 8.15. The molecule has 3 heteroatoms. The van der Waals surface area contributed by atoms with Gasteiger partial charge in [-0.15, -0.1) is 0 Å². The van der Waals surface area contributed by atoms with E-state index in [1.165, 1.54) is 25.3 Å². The molecular weight excluding hydrogens is 179 g/mol. The first kappa shape index (κ1) is 11.2. The van der Waals surface area contributed by atoms with Crippen LogP contribution in [-0.2, 0) is 0 Å². The average Bonchev–Trinajstić information content (AvgIpc) is 2.08. The fourth-order valence-corrected chi connectivity index (χ4v) is 0.885. The summed E-state index contributed by atoms with van der Waals surface area (Å²) >= 11 is 5.56. The Morgan fingerprint density at radius 2 is 1.92 bits per heavy atom. The number of ether oxygens (including phenoxy) is 1. The van der Waals surface area contributed by atoms with E-state index in [1.54, 1.807) is 0 Å². The minimum Gasteiger partial charge on any atom is -0.495 e. The van der Waals surface area contributed by atoms with Gasteiger partial charge in [-0.1, -0.05) is 25.4 Å². The van der Waals surface area contributed by atoms with Crippen molar-refractivity contribution in [1.29, 1.82) is 0 Å². The van der Waals surface area contributed by atoms with Crippen molar-refractivity contribution in [3.63, 3.8) is 0 Å². The van der Waals surface area contributed by atoms with Gasteiger partial charge >= 0.3 is 0 Å². The summed E-state index contributed by atoms with van der Waals surface area (Å²) in [5.74, 6) is 0.133. The van der Waals surface area contributed by atoms with E-state index in [0.717, 1.165) is 0 Å². The first-order valence-electron chi connectivity index (χ1n) is 3.73.